The number of carbonyl (C=O) groups excluding carboxylic acids is 1. The summed E-state index contributed by atoms with van der Waals surface area (Å²) in [6.07, 6.45) is 8.04. The number of aryl methyl sites for hydroxylation is 1. The Hall–Kier alpha value is -3.04. The maximum absolute atomic E-state index is 13.5. The van der Waals surface area contributed by atoms with Gasteiger partial charge in [0.1, 0.15) is 11.6 Å². The van der Waals surface area contributed by atoms with Crippen molar-refractivity contribution < 1.29 is 19.4 Å². The molecule has 0 spiro atoms. The molecule has 0 bridgehead atoms. The number of hydrogen-bond acceptors (Lipinski definition) is 7. The number of hydrogen-bond donors (Lipinski definition) is 2. The van der Waals surface area contributed by atoms with Crippen molar-refractivity contribution in [3.63, 3.8) is 0 Å². The molecule has 1 saturated heterocycles. The molecular formula is C28H39N5O4. The Morgan fingerprint density at radius 2 is 2.00 bits per heavy atom. The number of benzene rings is 1. The van der Waals surface area contributed by atoms with E-state index in [4.69, 9.17) is 10.5 Å². The summed E-state index contributed by atoms with van der Waals surface area (Å²) in [6, 6.07) is 7.51. The first-order chi connectivity index (χ1) is 18.0. The number of rotatable bonds is 13. The zero-order valence-corrected chi connectivity index (χ0v) is 21.7. The third-order valence-corrected chi connectivity index (χ3v) is 7.56. The Morgan fingerprint density at radius 1 is 1.22 bits per heavy atom. The second-order valence-electron chi connectivity index (χ2n) is 10.0. The van der Waals surface area contributed by atoms with Crippen LogP contribution in [0.3, 0.4) is 0 Å². The number of aromatic nitrogens is 2. The lowest BCUT2D eigenvalue weighted by Crippen LogP contribution is -2.45. The Bertz CT molecular complexity index is 1040. The molecule has 0 radical (unpaired) electrons. The van der Waals surface area contributed by atoms with Crippen LogP contribution >= 0.6 is 0 Å². The molecule has 2 aliphatic heterocycles. The van der Waals surface area contributed by atoms with E-state index >= 15 is 0 Å². The van der Waals surface area contributed by atoms with Gasteiger partial charge in [0.2, 0.25) is 5.91 Å². The highest BCUT2D eigenvalue weighted by Crippen LogP contribution is 2.41. The molecule has 1 amide bonds. The fraction of sp³-hybridized carbons (Fsp3) is 0.571. The van der Waals surface area contributed by atoms with Crippen LogP contribution in [0, 0.1) is 5.92 Å². The molecule has 0 saturated carbocycles. The van der Waals surface area contributed by atoms with Gasteiger partial charge in [-0.1, -0.05) is 25.5 Å². The topological polar surface area (TPSA) is 122 Å². The second kappa shape index (κ2) is 13.0. The SMILES string of the molecule is CCCCN(CCCN)C(=O)CN1C[C@H](c2ccc3c(c2)CCO3)[C@@H](C(=O)O)[C@@H]1CCc1ncccn1. The van der Waals surface area contributed by atoms with Crippen molar-refractivity contribution in [1.82, 2.24) is 19.8 Å². The summed E-state index contributed by atoms with van der Waals surface area (Å²) in [5.41, 5.74) is 7.85. The lowest BCUT2D eigenvalue weighted by Gasteiger charge is -2.29. The first kappa shape index (κ1) is 27.0. The van der Waals surface area contributed by atoms with Crippen LogP contribution in [-0.4, -0.2) is 82.1 Å². The van der Waals surface area contributed by atoms with Crippen molar-refractivity contribution in [3.05, 3.63) is 53.6 Å². The third kappa shape index (κ3) is 6.64. The molecule has 9 heteroatoms. The molecule has 1 aromatic heterocycles. The highest BCUT2D eigenvalue weighted by molar-refractivity contribution is 5.79. The number of carboxylic acids is 1. The number of ether oxygens (including phenoxy) is 1. The lowest BCUT2D eigenvalue weighted by atomic mass is 9.83. The van der Waals surface area contributed by atoms with Gasteiger partial charge in [0.05, 0.1) is 19.1 Å². The van der Waals surface area contributed by atoms with Crippen LogP contribution in [0.25, 0.3) is 0 Å². The minimum atomic E-state index is -0.832. The van der Waals surface area contributed by atoms with Crippen LogP contribution in [0.5, 0.6) is 5.75 Å². The molecule has 200 valence electrons. The highest BCUT2D eigenvalue weighted by Gasteiger charge is 2.47. The zero-order valence-electron chi connectivity index (χ0n) is 21.7. The van der Waals surface area contributed by atoms with Gasteiger partial charge in [-0.15, -0.1) is 0 Å². The number of unbranched alkanes of at least 4 members (excludes halogenated alkanes) is 1. The molecule has 1 fully saturated rings. The summed E-state index contributed by atoms with van der Waals surface area (Å²) >= 11 is 0. The molecule has 2 aliphatic rings. The number of aliphatic carboxylic acids is 1. The minimum absolute atomic E-state index is 0.0370. The molecule has 0 unspecified atom stereocenters. The lowest BCUT2D eigenvalue weighted by molar-refractivity contribution is -0.143. The van der Waals surface area contributed by atoms with Crippen molar-refractivity contribution in [3.8, 4) is 5.75 Å². The fourth-order valence-corrected chi connectivity index (χ4v) is 5.63. The number of carboxylic acid groups (broad SMARTS) is 1. The summed E-state index contributed by atoms with van der Waals surface area (Å²) in [4.78, 5) is 38.8. The van der Waals surface area contributed by atoms with Crippen molar-refractivity contribution >= 4 is 11.9 Å². The average molecular weight is 510 g/mol. The zero-order chi connectivity index (χ0) is 26.2. The second-order valence-corrected chi connectivity index (χ2v) is 10.0. The van der Waals surface area contributed by atoms with Gasteiger partial charge in [0.25, 0.3) is 0 Å². The van der Waals surface area contributed by atoms with E-state index in [0.717, 1.165) is 42.6 Å². The molecule has 0 aliphatic carbocycles. The van der Waals surface area contributed by atoms with Crippen LogP contribution < -0.4 is 10.5 Å². The van der Waals surface area contributed by atoms with Crippen LogP contribution in [0.2, 0.25) is 0 Å². The maximum atomic E-state index is 13.5. The molecule has 3 atom stereocenters. The summed E-state index contributed by atoms with van der Waals surface area (Å²) in [5, 5.41) is 10.4. The molecular weight excluding hydrogens is 470 g/mol. The first-order valence-corrected chi connectivity index (χ1v) is 13.5. The van der Waals surface area contributed by atoms with Crippen molar-refractivity contribution in [2.24, 2.45) is 11.7 Å². The van der Waals surface area contributed by atoms with E-state index in [-0.39, 0.29) is 24.4 Å². The Morgan fingerprint density at radius 3 is 2.73 bits per heavy atom. The van der Waals surface area contributed by atoms with Gasteiger partial charge >= 0.3 is 5.97 Å². The van der Waals surface area contributed by atoms with Crippen molar-refractivity contribution in [1.29, 1.82) is 0 Å². The molecule has 4 rings (SSSR count). The van der Waals surface area contributed by atoms with E-state index in [9.17, 15) is 14.7 Å². The van der Waals surface area contributed by atoms with E-state index in [1.807, 2.05) is 17.0 Å². The van der Waals surface area contributed by atoms with Crippen LogP contribution in [0.15, 0.2) is 36.7 Å². The maximum Gasteiger partial charge on any atom is 0.308 e. The number of nitrogens with zero attached hydrogens (tertiary/aromatic N) is 4. The van der Waals surface area contributed by atoms with E-state index in [2.05, 4.69) is 27.9 Å². The van der Waals surface area contributed by atoms with Gasteiger partial charge in [0.15, 0.2) is 0 Å². The van der Waals surface area contributed by atoms with Gasteiger partial charge in [-0.2, -0.15) is 0 Å². The van der Waals surface area contributed by atoms with E-state index in [0.29, 0.717) is 51.5 Å². The molecule has 3 heterocycles. The molecule has 9 nitrogen and oxygen atoms in total. The fourth-order valence-electron chi connectivity index (χ4n) is 5.63. The summed E-state index contributed by atoms with van der Waals surface area (Å²) in [7, 11) is 0. The summed E-state index contributed by atoms with van der Waals surface area (Å²) in [6.45, 7) is 5.33. The van der Waals surface area contributed by atoms with Crippen LogP contribution in [-0.2, 0) is 22.4 Å². The quantitative estimate of drug-likeness (QED) is 0.422. The number of amides is 1. The van der Waals surface area contributed by atoms with Crippen LogP contribution in [0.1, 0.15) is 55.5 Å². The monoisotopic (exact) mass is 509 g/mol. The van der Waals surface area contributed by atoms with Gasteiger partial charge in [0, 0.05) is 56.8 Å². The predicted molar refractivity (Wildman–Crippen MR) is 140 cm³/mol. The predicted octanol–water partition coefficient (Wildman–Crippen LogP) is 2.49. The number of nitrogens with two attached hydrogens (primary N) is 1. The molecule has 3 N–H and O–H groups in total. The third-order valence-electron chi connectivity index (χ3n) is 7.56. The minimum Gasteiger partial charge on any atom is -0.493 e. The van der Waals surface area contributed by atoms with E-state index in [1.54, 1.807) is 18.5 Å². The smallest absolute Gasteiger partial charge is 0.308 e. The van der Waals surface area contributed by atoms with E-state index < -0.39 is 11.9 Å². The Balaban J connectivity index is 1.59. The first-order valence-electron chi connectivity index (χ1n) is 13.5. The van der Waals surface area contributed by atoms with Gasteiger partial charge in [-0.3, -0.25) is 14.5 Å². The largest absolute Gasteiger partial charge is 0.493 e. The Labute approximate surface area is 219 Å². The normalized spacial score (nSPS) is 21.0. The average Bonchev–Trinajstić information content (AvgIpc) is 3.52. The standard InChI is InChI=1S/C28H39N5O4/c1-2-3-14-32(15-4-11-29)26(34)19-33-18-22(20-6-8-24-21(17-20)10-16-37-24)27(28(35)36)23(33)7-9-25-30-12-5-13-31-25/h5-6,8,12-13,17,22-23,27H,2-4,7,9-11,14-16,18-19,29H2,1H3,(H,35,36)/t22-,23+,27-/m1/s1. The summed E-state index contributed by atoms with van der Waals surface area (Å²) in [5.74, 6) is -0.0823. The molecule has 1 aromatic carbocycles. The van der Waals surface area contributed by atoms with Crippen LogP contribution in [0.4, 0.5) is 0 Å². The summed E-state index contributed by atoms with van der Waals surface area (Å²) < 4.78 is 5.66. The molecule has 37 heavy (non-hydrogen) atoms. The van der Waals surface area contributed by atoms with Gasteiger partial charge in [-0.05, 0) is 49.1 Å². The van der Waals surface area contributed by atoms with E-state index in [1.165, 1.54) is 0 Å². The Kier molecular flexibility index (Phi) is 9.46. The van der Waals surface area contributed by atoms with Crippen molar-refractivity contribution in [2.45, 2.75) is 57.4 Å². The number of fused-ring (bicyclic) bond motifs is 1. The number of likely N-dealkylation sites (tertiary alicyclic amines) is 1. The van der Waals surface area contributed by atoms with Gasteiger partial charge < -0.3 is 20.5 Å². The van der Waals surface area contributed by atoms with Crippen molar-refractivity contribution in [2.75, 3.05) is 39.3 Å². The highest BCUT2D eigenvalue weighted by atomic mass is 16.5. The number of carbonyl (C=O) groups is 2. The van der Waals surface area contributed by atoms with Gasteiger partial charge in [-0.25, -0.2) is 9.97 Å². The molecule has 2 aromatic rings.